The number of hydrogen-bond acceptors (Lipinski definition) is 3. The number of hydrogen-bond donors (Lipinski definition) is 2. The highest BCUT2D eigenvalue weighted by molar-refractivity contribution is 6.23. The van der Waals surface area contributed by atoms with Gasteiger partial charge in [0, 0.05) is 30.8 Å². The van der Waals surface area contributed by atoms with Gasteiger partial charge in [-0.15, -0.1) is 0 Å². The van der Waals surface area contributed by atoms with Crippen molar-refractivity contribution in [1.82, 2.24) is 5.32 Å². The standard InChI is InChI=1S/C17H22N2O/c1-3-13(12-8-5-4-6-9-12)17(19-2)16-14(18)10-7-11-15(16)20/h4-6,8-9,13,18-19H,3,7,10-11H2,1-2H3/b17-16+,18-14?. The number of ketones is 1. The highest BCUT2D eigenvalue weighted by Crippen LogP contribution is 2.31. The Kier molecular flexibility index (Phi) is 4.72. The van der Waals surface area contributed by atoms with Gasteiger partial charge in [-0.1, -0.05) is 37.3 Å². The smallest absolute Gasteiger partial charge is 0.166 e. The minimum Gasteiger partial charge on any atom is -0.390 e. The molecule has 1 aliphatic rings. The lowest BCUT2D eigenvalue weighted by Gasteiger charge is -2.25. The molecule has 106 valence electrons. The van der Waals surface area contributed by atoms with Crippen molar-refractivity contribution in [2.75, 3.05) is 7.05 Å². The lowest BCUT2D eigenvalue weighted by atomic mass is 9.83. The van der Waals surface area contributed by atoms with E-state index in [1.165, 1.54) is 5.56 Å². The lowest BCUT2D eigenvalue weighted by Crippen LogP contribution is -2.27. The molecule has 0 spiro atoms. The van der Waals surface area contributed by atoms with Crippen molar-refractivity contribution in [3.8, 4) is 0 Å². The molecule has 1 aliphatic carbocycles. The van der Waals surface area contributed by atoms with Gasteiger partial charge in [0.1, 0.15) is 0 Å². The maximum Gasteiger partial charge on any atom is 0.166 e. The number of benzene rings is 1. The first-order chi connectivity index (χ1) is 9.69. The minimum atomic E-state index is 0.111. The normalized spacial score (nSPS) is 19.7. The van der Waals surface area contributed by atoms with Crippen LogP contribution in [-0.4, -0.2) is 18.5 Å². The maximum absolute atomic E-state index is 12.2. The summed E-state index contributed by atoms with van der Waals surface area (Å²) in [5, 5.41) is 11.3. The highest BCUT2D eigenvalue weighted by Gasteiger charge is 2.27. The Balaban J connectivity index is 2.48. The topological polar surface area (TPSA) is 53.0 Å². The van der Waals surface area contributed by atoms with E-state index in [4.69, 9.17) is 5.41 Å². The van der Waals surface area contributed by atoms with Crippen molar-refractivity contribution >= 4 is 11.5 Å². The van der Waals surface area contributed by atoms with Crippen LogP contribution >= 0.6 is 0 Å². The van der Waals surface area contributed by atoms with E-state index >= 15 is 0 Å². The Bertz CT molecular complexity index is 513. The van der Waals surface area contributed by atoms with Gasteiger partial charge in [-0.2, -0.15) is 0 Å². The van der Waals surface area contributed by atoms with Crippen LogP contribution in [0.15, 0.2) is 41.6 Å². The Morgan fingerprint density at radius 2 is 2.00 bits per heavy atom. The summed E-state index contributed by atoms with van der Waals surface area (Å²) in [5.74, 6) is 0.263. The average molecular weight is 270 g/mol. The molecular weight excluding hydrogens is 248 g/mol. The van der Waals surface area contributed by atoms with Crippen molar-refractivity contribution in [2.45, 2.75) is 38.5 Å². The monoisotopic (exact) mass is 270 g/mol. The predicted octanol–water partition coefficient (Wildman–Crippen LogP) is 3.43. The van der Waals surface area contributed by atoms with E-state index in [1.807, 2.05) is 25.2 Å². The van der Waals surface area contributed by atoms with Gasteiger partial charge in [-0.05, 0) is 24.8 Å². The van der Waals surface area contributed by atoms with Gasteiger partial charge in [0.15, 0.2) is 5.78 Å². The largest absolute Gasteiger partial charge is 0.390 e. The molecule has 1 aromatic carbocycles. The van der Waals surface area contributed by atoms with E-state index in [1.54, 1.807) is 0 Å². The molecule has 2 rings (SSSR count). The molecule has 3 nitrogen and oxygen atoms in total. The van der Waals surface area contributed by atoms with Crippen LogP contribution in [0.5, 0.6) is 0 Å². The van der Waals surface area contributed by atoms with Gasteiger partial charge < -0.3 is 10.7 Å². The second-order valence-corrected chi connectivity index (χ2v) is 5.17. The van der Waals surface area contributed by atoms with Crippen LogP contribution in [0.3, 0.4) is 0 Å². The van der Waals surface area contributed by atoms with Gasteiger partial charge in [0.2, 0.25) is 0 Å². The van der Waals surface area contributed by atoms with Crippen LogP contribution in [0.1, 0.15) is 44.1 Å². The molecule has 1 atom stereocenters. The number of Topliss-reactive ketones (excluding diaryl/α,β-unsaturated/α-hetero) is 1. The molecule has 1 saturated carbocycles. The molecule has 20 heavy (non-hydrogen) atoms. The first kappa shape index (κ1) is 14.5. The molecule has 0 heterocycles. The van der Waals surface area contributed by atoms with Crippen LogP contribution in [0.4, 0.5) is 0 Å². The molecule has 0 bridgehead atoms. The third kappa shape index (κ3) is 2.82. The van der Waals surface area contributed by atoms with Crippen molar-refractivity contribution in [3.05, 3.63) is 47.2 Å². The second kappa shape index (κ2) is 6.51. The van der Waals surface area contributed by atoms with Gasteiger partial charge >= 0.3 is 0 Å². The summed E-state index contributed by atoms with van der Waals surface area (Å²) in [7, 11) is 1.85. The molecule has 1 aromatic rings. The van der Waals surface area contributed by atoms with E-state index in [0.29, 0.717) is 24.1 Å². The zero-order valence-electron chi connectivity index (χ0n) is 12.2. The first-order valence-electron chi connectivity index (χ1n) is 7.26. The summed E-state index contributed by atoms with van der Waals surface area (Å²) in [6.07, 6.45) is 2.98. The fraction of sp³-hybridized carbons (Fsp3) is 0.412. The van der Waals surface area contributed by atoms with E-state index in [-0.39, 0.29) is 11.7 Å². The molecule has 0 aromatic heterocycles. The minimum absolute atomic E-state index is 0.111. The van der Waals surface area contributed by atoms with Crippen LogP contribution in [0.25, 0.3) is 0 Å². The van der Waals surface area contributed by atoms with Gasteiger partial charge in [0.05, 0.1) is 5.57 Å². The van der Waals surface area contributed by atoms with E-state index in [0.717, 1.165) is 18.5 Å². The summed E-state index contributed by atoms with van der Waals surface area (Å²) >= 11 is 0. The van der Waals surface area contributed by atoms with Gasteiger partial charge in [-0.3, -0.25) is 4.79 Å². The summed E-state index contributed by atoms with van der Waals surface area (Å²) in [6, 6.07) is 10.2. The molecule has 0 aliphatic heterocycles. The average Bonchev–Trinajstić information content (AvgIpc) is 2.47. The van der Waals surface area contributed by atoms with Crippen LogP contribution in [-0.2, 0) is 4.79 Å². The van der Waals surface area contributed by atoms with Crippen molar-refractivity contribution < 1.29 is 4.79 Å². The molecule has 0 radical (unpaired) electrons. The SMILES string of the molecule is CCC(/C(NC)=C1/C(=N)CCCC1=O)c1ccccc1. The van der Waals surface area contributed by atoms with E-state index < -0.39 is 0 Å². The molecule has 0 amide bonds. The molecule has 3 heteroatoms. The summed E-state index contributed by atoms with van der Waals surface area (Å²) < 4.78 is 0. The van der Waals surface area contributed by atoms with Crippen molar-refractivity contribution in [2.24, 2.45) is 0 Å². The second-order valence-electron chi connectivity index (χ2n) is 5.17. The molecule has 2 N–H and O–H groups in total. The van der Waals surface area contributed by atoms with Crippen molar-refractivity contribution in [3.63, 3.8) is 0 Å². The summed E-state index contributed by atoms with van der Waals surface area (Å²) in [6.45, 7) is 2.12. The van der Waals surface area contributed by atoms with Gasteiger partial charge in [-0.25, -0.2) is 0 Å². The fourth-order valence-corrected chi connectivity index (χ4v) is 2.92. The number of carbonyl (C=O) groups excluding carboxylic acids is 1. The number of carbonyl (C=O) groups is 1. The zero-order chi connectivity index (χ0) is 14.5. The Morgan fingerprint density at radius 1 is 1.30 bits per heavy atom. The van der Waals surface area contributed by atoms with Crippen LogP contribution in [0, 0.1) is 5.41 Å². The number of likely N-dealkylation sites (N-methyl/N-ethyl adjacent to an activating group) is 1. The lowest BCUT2D eigenvalue weighted by molar-refractivity contribution is -0.115. The Labute approximate surface area is 120 Å². The molecule has 1 fully saturated rings. The quantitative estimate of drug-likeness (QED) is 0.824. The summed E-state index contributed by atoms with van der Waals surface area (Å²) in [5.41, 5.74) is 3.21. The highest BCUT2D eigenvalue weighted by atomic mass is 16.1. The number of nitrogens with one attached hydrogen (secondary N) is 2. The molecule has 1 unspecified atom stereocenters. The van der Waals surface area contributed by atoms with Crippen molar-refractivity contribution in [1.29, 1.82) is 5.41 Å². The fourth-order valence-electron chi connectivity index (χ4n) is 2.92. The predicted molar refractivity (Wildman–Crippen MR) is 82.1 cm³/mol. The Morgan fingerprint density at radius 3 is 2.55 bits per heavy atom. The summed E-state index contributed by atoms with van der Waals surface area (Å²) in [4.78, 5) is 12.2. The van der Waals surface area contributed by atoms with Crippen LogP contribution in [0.2, 0.25) is 0 Å². The number of rotatable bonds is 4. The first-order valence-corrected chi connectivity index (χ1v) is 7.26. The van der Waals surface area contributed by atoms with E-state index in [2.05, 4.69) is 24.4 Å². The third-order valence-electron chi connectivity index (χ3n) is 3.91. The third-order valence-corrected chi connectivity index (χ3v) is 3.91. The molecule has 0 saturated heterocycles. The Hall–Kier alpha value is -1.90. The zero-order valence-corrected chi connectivity index (χ0v) is 12.2. The van der Waals surface area contributed by atoms with E-state index in [9.17, 15) is 4.79 Å². The number of allylic oxidation sites excluding steroid dienone is 2. The maximum atomic E-state index is 12.2. The van der Waals surface area contributed by atoms with Crippen LogP contribution < -0.4 is 5.32 Å². The van der Waals surface area contributed by atoms with Gasteiger partial charge in [0.25, 0.3) is 0 Å². The molecular formula is C17H22N2O.